The number of phenols is 1. The molecule has 2 N–H and O–H groups in total. The standard InChI is InChI=1S/C34H46O6/c1-7-23(4)32-24(5)13-14-34(40-32)19-28-17-27(39-34)12-11-22(3)15-21(2)9-8-10-26(20-35)29-18-31(36)25(6)16-30(29)33(37)38-28/h7-11,16,18,21,24,27-28,32,35-36H,12-15,17,19-20H2,1-6H3. The summed E-state index contributed by atoms with van der Waals surface area (Å²) in [6.45, 7) is 12.1. The fourth-order valence-electron chi connectivity index (χ4n) is 6.23. The Morgan fingerprint density at radius 3 is 2.65 bits per heavy atom. The van der Waals surface area contributed by atoms with Gasteiger partial charge in [0.25, 0.3) is 0 Å². The molecule has 1 aromatic carbocycles. The fourth-order valence-corrected chi connectivity index (χ4v) is 6.23. The summed E-state index contributed by atoms with van der Waals surface area (Å²) in [7, 11) is 0. The minimum absolute atomic E-state index is 0.0415. The van der Waals surface area contributed by atoms with Crippen LogP contribution < -0.4 is 0 Å². The number of hydrogen-bond acceptors (Lipinski definition) is 6. The molecule has 3 aliphatic heterocycles. The van der Waals surface area contributed by atoms with Crippen molar-refractivity contribution >= 4 is 11.5 Å². The fraction of sp³-hybridized carbons (Fsp3) is 0.559. The molecule has 0 aliphatic carbocycles. The summed E-state index contributed by atoms with van der Waals surface area (Å²) in [5.41, 5.74) is 4.38. The second-order valence-electron chi connectivity index (χ2n) is 12.1. The molecule has 2 bridgehead atoms. The Bertz CT molecular complexity index is 1210. The molecule has 6 unspecified atom stereocenters. The van der Waals surface area contributed by atoms with E-state index in [1.54, 1.807) is 19.1 Å². The van der Waals surface area contributed by atoms with E-state index in [-0.39, 0.29) is 30.5 Å². The van der Waals surface area contributed by atoms with Crippen molar-refractivity contribution in [1.29, 1.82) is 0 Å². The summed E-state index contributed by atoms with van der Waals surface area (Å²) in [5.74, 6) is -0.559. The second-order valence-corrected chi connectivity index (χ2v) is 12.1. The van der Waals surface area contributed by atoms with Gasteiger partial charge in [-0.1, -0.05) is 49.8 Å². The van der Waals surface area contributed by atoms with Crippen molar-refractivity contribution in [2.45, 2.75) is 104 Å². The number of carbonyl (C=O) groups excluding carboxylic acids is 1. The van der Waals surface area contributed by atoms with Crippen molar-refractivity contribution < 1.29 is 29.2 Å². The predicted molar refractivity (Wildman–Crippen MR) is 158 cm³/mol. The molecule has 218 valence electrons. The average molecular weight is 551 g/mol. The molecule has 6 nitrogen and oxygen atoms in total. The smallest absolute Gasteiger partial charge is 0.339 e. The zero-order chi connectivity index (χ0) is 29.0. The van der Waals surface area contributed by atoms with Crippen molar-refractivity contribution in [3.05, 3.63) is 70.3 Å². The van der Waals surface area contributed by atoms with Gasteiger partial charge in [-0.05, 0) is 93.2 Å². The van der Waals surface area contributed by atoms with Gasteiger partial charge in [0.1, 0.15) is 11.9 Å². The number of ether oxygens (including phenoxy) is 3. The highest BCUT2D eigenvalue weighted by Gasteiger charge is 2.48. The molecular weight excluding hydrogens is 504 g/mol. The number of allylic oxidation sites excluding steroid dienone is 5. The highest BCUT2D eigenvalue weighted by molar-refractivity contribution is 5.96. The molecule has 6 heteroatoms. The third kappa shape index (κ3) is 6.96. The van der Waals surface area contributed by atoms with Crippen LogP contribution in [-0.4, -0.2) is 46.9 Å². The summed E-state index contributed by atoms with van der Waals surface area (Å²) in [6.07, 6.45) is 14.0. The lowest BCUT2D eigenvalue weighted by atomic mass is 9.84. The van der Waals surface area contributed by atoms with Gasteiger partial charge in [-0.25, -0.2) is 4.79 Å². The lowest BCUT2D eigenvalue weighted by Gasteiger charge is -2.49. The van der Waals surface area contributed by atoms with Crippen molar-refractivity contribution in [2.24, 2.45) is 11.8 Å². The number of carbonyl (C=O) groups is 1. The van der Waals surface area contributed by atoms with Crippen LogP contribution in [0.3, 0.4) is 0 Å². The summed E-state index contributed by atoms with van der Waals surface area (Å²) in [6, 6.07) is 3.19. The SMILES string of the molecule is CC=C(C)C1OC2(CCC1C)CC1CC(CC=C(C)CC(C)C=CC=C(CO)c3cc(O)c(C)cc3C(=O)O1)O2. The van der Waals surface area contributed by atoms with E-state index in [1.165, 1.54) is 11.1 Å². The summed E-state index contributed by atoms with van der Waals surface area (Å²) in [5, 5.41) is 20.7. The highest BCUT2D eigenvalue weighted by atomic mass is 16.7. The molecule has 2 saturated heterocycles. The van der Waals surface area contributed by atoms with Gasteiger partial charge in [0.15, 0.2) is 5.79 Å². The van der Waals surface area contributed by atoms with Crippen LogP contribution in [0.2, 0.25) is 0 Å². The number of phenolic OH excluding ortho intramolecular Hbond substituents is 1. The number of fused-ring (bicyclic) bond motifs is 3. The molecule has 1 aromatic rings. The van der Waals surface area contributed by atoms with E-state index in [4.69, 9.17) is 14.2 Å². The Hall–Kier alpha value is -2.67. The number of esters is 1. The number of hydrogen-bond donors (Lipinski definition) is 2. The van der Waals surface area contributed by atoms with Crippen LogP contribution in [0.1, 0.15) is 94.6 Å². The maximum atomic E-state index is 13.7. The minimum Gasteiger partial charge on any atom is -0.508 e. The molecule has 0 radical (unpaired) electrons. The number of benzene rings is 1. The molecule has 0 aromatic heterocycles. The van der Waals surface area contributed by atoms with E-state index in [2.05, 4.69) is 45.9 Å². The Morgan fingerprint density at radius 1 is 1.15 bits per heavy atom. The monoisotopic (exact) mass is 550 g/mol. The van der Waals surface area contributed by atoms with Crippen LogP contribution in [0.15, 0.2) is 53.7 Å². The lowest BCUT2D eigenvalue weighted by molar-refractivity contribution is -0.328. The molecule has 40 heavy (non-hydrogen) atoms. The van der Waals surface area contributed by atoms with Crippen LogP contribution >= 0.6 is 0 Å². The van der Waals surface area contributed by atoms with Gasteiger partial charge in [-0.2, -0.15) is 0 Å². The normalized spacial score (nSPS) is 32.2. The van der Waals surface area contributed by atoms with E-state index in [0.29, 0.717) is 41.0 Å². The van der Waals surface area contributed by atoms with E-state index >= 15 is 0 Å². The summed E-state index contributed by atoms with van der Waals surface area (Å²) >= 11 is 0. The lowest BCUT2D eigenvalue weighted by Crippen LogP contribution is -2.54. The van der Waals surface area contributed by atoms with Gasteiger partial charge in [-0.3, -0.25) is 0 Å². The number of aliphatic hydroxyl groups is 1. The van der Waals surface area contributed by atoms with E-state index in [9.17, 15) is 15.0 Å². The molecule has 1 spiro atoms. The minimum atomic E-state index is -0.817. The van der Waals surface area contributed by atoms with E-state index in [0.717, 1.165) is 25.7 Å². The van der Waals surface area contributed by atoms with Gasteiger partial charge < -0.3 is 24.4 Å². The Morgan fingerprint density at radius 2 is 1.93 bits per heavy atom. The van der Waals surface area contributed by atoms with Gasteiger partial charge in [0.2, 0.25) is 0 Å². The third-order valence-electron chi connectivity index (χ3n) is 8.65. The Kier molecular flexibility index (Phi) is 9.76. The van der Waals surface area contributed by atoms with Crippen LogP contribution in [0, 0.1) is 18.8 Å². The number of aryl methyl sites for hydroxylation is 1. The van der Waals surface area contributed by atoms with Crippen LogP contribution in [0.5, 0.6) is 5.75 Å². The molecule has 0 amide bonds. The van der Waals surface area contributed by atoms with Crippen molar-refractivity contribution in [3.63, 3.8) is 0 Å². The molecule has 3 heterocycles. The highest BCUT2D eigenvalue weighted by Crippen LogP contribution is 2.44. The van der Waals surface area contributed by atoms with Crippen molar-refractivity contribution in [2.75, 3.05) is 6.61 Å². The number of rotatable bonds is 2. The van der Waals surface area contributed by atoms with Crippen LogP contribution in [0.4, 0.5) is 0 Å². The largest absolute Gasteiger partial charge is 0.508 e. The van der Waals surface area contributed by atoms with Gasteiger partial charge in [-0.15, -0.1) is 0 Å². The second kappa shape index (κ2) is 12.9. The molecular formula is C34H46O6. The Balaban J connectivity index is 1.75. The molecule has 4 rings (SSSR count). The summed E-state index contributed by atoms with van der Waals surface area (Å²) in [4.78, 5) is 13.7. The first-order valence-electron chi connectivity index (χ1n) is 14.7. The topological polar surface area (TPSA) is 85.2 Å². The molecule has 3 aliphatic rings. The van der Waals surface area contributed by atoms with Crippen molar-refractivity contribution in [1.82, 2.24) is 0 Å². The maximum absolute atomic E-state index is 13.7. The van der Waals surface area contributed by atoms with Gasteiger partial charge >= 0.3 is 5.97 Å². The molecule has 6 atom stereocenters. The zero-order valence-corrected chi connectivity index (χ0v) is 24.9. The average Bonchev–Trinajstić information content (AvgIpc) is 2.91. The van der Waals surface area contributed by atoms with E-state index < -0.39 is 17.9 Å². The molecule has 0 saturated carbocycles. The zero-order valence-electron chi connectivity index (χ0n) is 24.9. The predicted octanol–water partition coefficient (Wildman–Crippen LogP) is 7.19. The van der Waals surface area contributed by atoms with Crippen LogP contribution in [0.25, 0.3) is 5.57 Å². The quantitative estimate of drug-likeness (QED) is 0.299. The van der Waals surface area contributed by atoms with Gasteiger partial charge in [0.05, 0.1) is 24.4 Å². The third-order valence-corrected chi connectivity index (χ3v) is 8.65. The summed E-state index contributed by atoms with van der Waals surface area (Å²) < 4.78 is 19.7. The first-order valence-corrected chi connectivity index (χ1v) is 14.7. The number of aliphatic hydroxyl groups excluding tert-OH is 1. The first kappa shape index (κ1) is 30.3. The molecule has 2 fully saturated rings. The van der Waals surface area contributed by atoms with E-state index in [1.807, 2.05) is 19.1 Å². The number of aromatic hydroxyl groups is 1. The van der Waals surface area contributed by atoms with Crippen molar-refractivity contribution in [3.8, 4) is 5.75 Å². The van der Waals surface area contributed by atoms with Crippen LogP contribution in [-0.2, 0) is 14.2 Å². The maximum Gasteiger partial charge on any atom is 0.339 e. The first-order chi connectivity index (χ1) is 19.0. The van der Waals surface area contributed by atoms with Gasteiger partial charge in [0, 0.05) is 19.3 Å². The Labute approximate surface area is 239 Å².